The number of amides is 1. The first-order chi connectivity index (χ1) is 8.66. The van der Waals surface area contributed by atoms with Crippen molar-refractivity contribution in [1.29, 1.82) is 0 Å². The van der Waals surface area contributed by atoms with Gasteiger partial charge in [0, 0.05) is 22.2 Å². The highest BCUT2D eigenvalue weighted by Crippen LogP contribution is 2.19. The molecule has 1 aromatic carbocycles. The first-order valence-electron chi connectivity index (χ1n) is 5.51. The SMILES string of the molecule is NC(=O)c1ccc(C(=O)n2c3ccc2cc3)cc1.O. The van der Waals surface area contributed by atoms with E-state index in [0.29, 0.717) is 11.1 Å². The quantitative estimate of drug-likeness (QED) is 0.741. The van der Waals surface area contributed by atoms with Gasteiger partial charge in [-0.15, -0.1) is 0 Å². The summed E-state index contributed by atoms with van der Waals surface area (Å²) in [5, 5.41) is 0. The van der Waals surface area contributed by atoms with Crippen LogP contribution in [0.25, 0.3) is 11.0 Å². The maximum absolute atomic E-state index is 12.3. The number of carbonyl (C=O) groups is 2. The third-order valence-corrected chi connectivity index (χ3v) is 2.99. The molecule has 0 aliphatic heterocycles. The molecule has 3 rings (SSSR count). The minimum absolute atomic E-state index is 0. The molecular formula is C14H12N2O3. The van der Waals surface area contributed by atoms with Gasteiger partial charge in [-0.1, -0.05) is 0 Å². The minimum atomic E-state index is -0.498. The van der Waals surface area contributed by atoms with Gasteiger partial charge >= 0.3 is 0 Å². The lowest BCUT2D eigenvalue weighted by Gasteiger charge is -2.03. The van der Waals surface area contributed by atoms with Gasteiger partial charge in [-0.3, -0.25) is 14.2 Å². The van der Waals surface area contributed by atoms with Crippen LogP contribution in [0.3, 0.4) is 0 Å². The van der Waals surface area contributed by atoms with E-state index in [9.17, 15) is 9.59 Å². The van der Waals surface area contributed by atoms with Crippen molar-refractivity contribution in [2.24, 2.45) is 5.73 Å². The second-order valence-electron chi connectivity index (χ2n) is 4.10. The zero-order valence-electron chi connectivity index (χ0n) is 9.96. The number of primary amides is 1. The van der Waals surface area contributed by atoms with Crippen LogP contribution in [0.5, 0.6) is 0 Å². The topological polar surface area (TPSA) is 96.6 Å². The van der Waals surface area contributed by atoms with Crippen LogP contribution in [-0.4, -0.2) is 21.9 Å². The number of aromatic nitrogens is 1. The summed E-state index contributed by atoms with van der Waals surface area (Å²) in [6, 6.07) is 13.9. The van der Waals surface area contributed by atoms with E-state index in [-0.39, 0.29) is 11.4 Å². The Morgan fingerprint density at radius 2 is 1.21 bits per heavy atom. The number of carbonyl (C=O) groups excluding carboxylic acids is 2. The molecule has 4 N–H and O–H groups in total. The molecular weight excluding hydrogens is 244 g/mol. The lowest BCUT2D eigenvalue weighted by molar-refractivity contribution is 0.0965. The molecule has 0 aliphatic carbocycles. The first kappa shape index (κ1) is 12.8. The molecule has 0 radical (unpaired) electrons. The van der Waals surface area contributed by atoms with Gasteiger partial charge in [-0.05, 0) is 48.5 Å². The fourth-order valence-electron chi connectivity index (χ4n) is 2.04. The summed E-state index contributed by atoms with van der Waals surface area (Å²) in [4.78, 5) is 23.2. The van der Waals surface area contributed by atoms with Crippen LogP contribution in [0.1, 0.15) is 20.7 Å². The molecule has 0 fully saturated rings. The molecule has 0 saturated heterocycles. The smallest absolute Gasteiger partial charge is 0.262 e. The molecule has 3 aromatic rings. The summed E-state index contributed by atoms with van der Waals surface area (Å²) in [6.07, 6.45) is 0. The van der Waals surface area contributed by atoms with E-state index in [1.807, 2.05) is 24.3 Å². The van der Waals surface area contributed by atoms with E-state index in [0.717, 1.165) is 11.0 Å². The van der Waals surface area contributed by atoms with E-state index in [2.05, 4.69) is 0 Å². The molecule has 0 aliphatic rings. The number of nitrogens with two attached hydrogens (primary N) is 1. The van der Waals surface area contributed by atoms with Gasteiger partial charge in [-0.2, -0.15) is 0 Å². The average Bonchev–Trinajstić information content (AvgIpc) is 2.98. The first-order valence-corrected chi connectivity index (χ1v) is 5.51. The second kappa shape index (κ2) is 4.55. The predicted molar refractivity (Wildman–Crippen MR) is 71.4 cm³/mol. The summed E-state index contributed by atoms with van der Waals surface area (Å²) in [5.74, 6) is -0.603. The van der Waals surface area contributed by atoms with Crippen molar-refractivity contribution >= 4 is 22.8 Å². The van der Waals surface area contributed by atoms with Crippen LogP contribution in [0.2, 0.25) is 0 Å². The van der Waals surface area contributed by atoms with Crippen LogP contribution in [0.15, 0.2) is 48.5 Å². The zero-order chi connectivity index (χ0) is 12.7. The molecule has 96 valence electrons. The Labute approximate surface area is 108 Å². The van der Waals surface area contributed by atoms with Crippen molar-refractivity contribution in [2.45, 2.75) is 0 Å². The monoisotopic (exact) mass is 256 g/mol. The van der Waals surface area contributed by atoms with Crippen LogP contribution in [0.4, 0.5) is 0 Å². The van der Waals surface area contributed by atoms with Gasteiger partial charge in [0.1, 0.15) is 0 Å². The van der Waals surface area contributed by atoms with Gasteiger partial charge in [0.05, 0.1) is 0 Å². The number of hydrogen-bond donors (Lipinski definition) is 1. The van der Waals surface area contributed by atoms with Gasteiger partial charge in [0.2, 0.25) is 5.91 Å². The van der Waals surface area contributed by atoms with Crippen molar-refractivity contribution in [2.75, 3.05) is 0 Å². The van der Waals surface area contributed by atoms with Crippen LogP contribution in [0, 0.1) is 0 Å². The Balaban J connectivity index is 0.00000133. The average molecular weight is 256 g/mol. The van der Waals surface area contributed by atoms with Crippen molar-refractivity contribution in [3.63, 3.8) is 0 Å². The van der Waals surface area contributed by atoms with E-state index in [1.165, 1.54) is 0 Å². The summed E-state index contributed by atoms with van der Waals surface area (Å²) in [6.45, 7) is 0. The second-order valence-corrected chi connectivity index (χ2v) is 4.10. The van der Waals surface area contributed by atoms with Gasteiger partial charge in [0.25, 0.3) is 5.91 Å². The van der Waals surface area contributed by atoms with Crippen molar-refractivity contribution in [3.05, 3.63) is 59.7 Å². The zero-order valence-corrected chi connectivity index (χ0v) is 9.96. The van der Waals surface area contributed by atoms with E-state index >= 15 is 0 Å². The summed E-state index contributed by atoms with van der Waals surface area (Å²) < 4.78 is 1.64. The maximum Gasteiger partial charge on any atom is 0.262 e. The Bertz CT molecular complexity index is 680. The third-order valence-electron chi connectivity index (χ3n) is 2.99. The van der Waals surface area contributed by atoms with Crippen LogP contribution < -0.4 is 5.73 Å². The fraction of sp³-hybridized carbons (Fsp3) is 0. The predicted octanol–water partition coefficient (Wildman–Crippen LogP) is 1.04. The number of fused-ring (bicyclic) bond motifs is 2. The lowest BCUT2D eigenvalue weighted by Crippen LogP contribution is -2.13. The van der Waals surface area contributed by atoms with Crippen molar-refractivity contribution in [1.82, 2.24) is 4.57 Å². The molecule has 0 atom stereocenters. The van der Waals surface area contributed by atoms with Crippen molar-refractivity contribution < 1.29 is 15.1 Å². The van der Waals surface area contributed by atoms with Gasteiger partial charge in [0.15, 0.2) is 0 Å². The molecule has 2 aromatic heterocycles. The number of benzene rings is 2. The molecule has 2 heterocycles. The Morgan fingerprint density at radius 3 is 1.63 bits per heavy atom. The van der Waals surface area contributed by atoms with Crippen LogP contribution in [-0.2, 0) is 0 Å². The maximum atomic E-state index is 12.3. The van der Waals surface area contributed by atoms with E-state index < -0.39 is 5.91 Å². The molecule has 1 amide bonds. The Kier molecular flexibility index (Phi) is 3.06. The highest BCUT2D eigenvalue weighted by atomic mass is 16.2. The summed E-state index contributed by atoms with van der Waals surface area (Å²) in [7, 11) is 0. The molecule has 5 nitrogen and oxygen atoms in total. The summed E-state index contributed by atoms with van der Waals surface area (Å²) >= 11 is 0. The van der Waals surface area contributed by atoms with Crippen molar-refractivity contribution in [3.8, 4) is 0 Å². The molecule has 19 heavy (non-hydrogen) atoms. The molecule has 0 spiro atoms. The Morgan fingerprint density at radius 1 is 0.789 bits per heavy atom. The lowest BCUT2D eigenvalue weighted by atomic mass is 10.1. The fourth-order valence-corrected chi connectivity index (χ4v) is 2.04. The van der Waals surface area contributed by atoms with Gasteiger partial charge < -0.3 is 11.2 Å². The number of rotatable bonds is 2. The third kappa shape index (κ3) is 1.96. The van der Waals surface area contributed by atoms with Crippen LogP contribution >= 0.6 is 0 Å². The summed E-state index contributed by atoms with van der Waals surface area (Å²) in [5.41, 5.74) is 7.82. The molecule has 2 bridgehead atoms. The number of nitrogens with zero attached hydrogens (tertiary/aromatic N) is 1. The molecule has 0 saturated carbocycles. The highest BCUT2D eigenvalue weighted by molar-refractivity contribution is 6.03. The minimum Gasteiger partial charge on any atom is -0.412 e. The molecule has 0 unspecified atom stereocenters. The highest BCUT2D eigenvalue weighted by Gasteiger charge is 2.14. The number of hydrogen-bond acceptors (Lipinski definition) is 2. The largest absolute Gasteiger partial charge is 0.412 e. The standard InChI is InChI=1S/C14H10N2O2.H2O/c15-13(17)9-1-3-10(4-2-9)14(18)16-11-5-6-12(16)8-7-11;/h1-8H,(H2,15,17);1H2. The van der Waals surface area contributed by atoms with Gasteiger partial charge in [-0.25, -0.2) is 0 Å². The Hall–Kier alpha value is -2.66. The normalized spacial score (nSPS) is 10.3. The molecule has 5 heteroatoms. The van der Waals surface area contributed by atoms with E-state index in [1.54, 1.807) is 28.8 Å². The van der Waals surface area contributed by atoms with E-state index in [4.69, 9.17) is 5.73 Å².